The van der Waals surface area contributed by atoms with E-state index in [-0.39, 0.29) is 11.9 Å². The Balaban J connectivity index is 1.80. The highest BCUT2D eigenvalue weighted by atomic mass is 32.2. The Kier molecular flexibility index (Phi) is 6.12. The van der Waals surface area contributed by atoms with Gasteiger partial charge in [0.05, 0.1) is 5.92 Å². The van der Waals surface area contributed by atoms with Crippen LogP contribution in [0.3, 0.4) is 0 Å². The van der Waals surface area contributed by atoms with E-state index in [2.05, 4.69) is 23.7 Å². The Bertz CT molecular complexity index is 528. The van der Waals surface area contributed by atoms with Crippen LogP contribution in [-0.4, -0.2) is 41.4 Å². The summed E-state index contributed by atoms with van der Waals surface area (Å²) in [6.45, 7) is 1.52. The molecule has 1 aliphatic rings. The first-order valence-corrected chi connectivity index (χ1v) is 8.82. The number of urea groups is 1. The minimum absolute atomic E-state index is 0.112. The van der Waals surface area contributed by atoms with Crippen LogP contribution in [0, 0.1) is 5.92 Å². The standard InChI is InChI=1S/C16H22N2O3S/c1-22-11-13-4-2-3-12(9-13)10-17-16(21)18-7-5-14(6-8-18)15(19)20/h2-4,9,14H,5-8,10-11H2,1H3,(H,17,21)(H,19,20). The largest absolute Gasteiger partial charge is 0.481 e. The van der Waals surface area contributed by atoms with Crippen LogP contribution in [0.4, 0.5) is 4.79 Å². The zero-order valence-electron chi connectivity index (χ0n) is 12.7. The summed E-state index contributed by atoms with van der Waals surface area (Å²) in [5.74, 6) is -0.109. The summed E-state index contributed by atoms with van der Waals surface area (Å²) in [5.41, 5.74) is 2.34. The molecule has 2 rings (SSSR count). The van der Waals surface area contributed by atoms with E-state index in [4.69, 9.17) is 5.11 Å². The second-order valence-corrected chi connectivity index (χ2v) is 6.38. The lowest BCUT2D eigenvalue weighted by Crippen LogP contribution is -2.45. The predicted molar refractivity (Wildman–Crippen MR) is 87.8 cm³/mol. The average Bonchev–Trinajstić information content (AvgIpc) is 2.53. The third-order valence-corrected chi connectivity index (χ3v) is 4.50. The van der Waals surface area contributed by atoms with Gasteiger partial charge in [0.25, 0.3) is 0 Å². The number of carboxylic acid groups (broad SMARTS) is 1. The van der Waals surface area contributed by atoms with Crippen molar-refractivity contribution in [1.82, 2.24) is 10.2 Å². The van der Waals surface area contributed by atoms with E-state index in [0.29, 0.717) is 32.5 Å². The molecule has 22 heavy (non-hydrogen) atoms. The molecule has 0 aliphatic carbocycles. The molecule has 0 atom stereocenters. The van der Waals surface area contributed by atoms with Crippen molar-refractivity contribution in [2.45, 2.75) is 25.1 Å². The molecule has 2 amide bonds. The Morgan fingerprint density at radius 3 is 2.64 bits per heavy atom. The van der Waals surface area contributed by atoms with Gasteiger partial charge < -0.3 is 15.3 Å². The maximum Gasteiger partial charge on any atom is 0.317 e. The van der Waals surface area contributed by atoms with Crippen LogP contribution >= 0.6 is 11.8 Å². The molecule has 0 aromatic heterocycles. The zero-order valence-corrected chi connectivity index (χ0v) is 13.6. The molecule has 5 nitrogen and oxygen atoms in total. The lowest BCUT2D eigenvalue weighted by atomic mass is 9.97. The summed E-state index contributed by atoms with van der Waals surface area (Å²) >= 11 is 1.77. The molecule has 0 unspecified atom stereocenters. The number of thioether (sulfide) groups is 1. The molecule has 0 radical (unpaired) electrons. The molecule has 1 aliphatic heterocycles. The predicted octanol–water partition coefficient (Wildman–Crippen LogP) is 2.56. The molecule has 0 saturated carbocycles. The topological polar surface area (TPSA) is 69.6 Å². The molecule has 120 valence electrons. The monoisotopic (exact) mass is 322 g/mol. The summed E-state index contributed by atoms with van der Waals surface area (Å²) in [6.07, 6.45) is 3.13. The van der Waals surface area contributed by atoms with E-state index < -0.39 is 5.97 Å². The third kappa shape index (κ3) is 4.66. The van der Waals surface area contributed by atoms with Crippen LogP contribution in [0.5, 0.6) is 0 Å². The minimum Gasteiger partial charge on any atom is -0.481 e. The molecule has 1 saturated heterocycles. The molecule has 0 bridgehead atoms. The van der Waals surface area contributed by atoms with Crippen LogP contribution in [0.1, 0.15) is 24.0 Å². The number of carboxylic acids is 1. The summed E-state index contributed by atoms with van der Waals surface area (Å²) in [5, 5.41) is 11.9. The maximum atomic E-state index is 12.1. The molecule has 1 aromatic carbocycles. The van der Waals surface area contributed by atoms with Crippen molar-refractivity contribution in [3.05, 3.63) is 35.4 Å². The number of hydrogen-bond donors (Lipinski definition) is 2. The fourth-order valence-corrected chi connectivity index (χ4v) is 3.13. The summed E-state index contributed by atoms with van der Waals surface area (Å²) in [6, 6.07) is 8.08. The molecule has 2 N–H and O–H groups in total. The third-order valence-electron chi connectivity index (χ3n) is 3.88. The SMILES string of the molecule is CSCc1cccc(CNC(=O)N2CCC(C(=O)O)CC2)c1. The van der Waals surface area contributed by atoms with E-state index in [1.165, 1.54) is 5.56 Å². The highest BCUT2D eigenvalue weighted by molar-refractivity contribution is 7.97. The first-order chi connectivity index (χ1) is 10.6. The number of benzene rings is 1. The molecular formula is C16H22N2O3S. The first-order valence-electron chi connectivity index (χ1n) is 7.42. The molecule has 1 fully saturated rings. The molecule has 1 aromatic rings. The van der Waals surface area contributed by atoms with Crippen molar-refractivity contribution in [1.29, 1.82) is 0 Å². The normalized spacial score (nSPS) is 15.6. The van der Waals surface area contributed by atoms with Gasteiger partial charge in [0.2, 0.25) is 0 Å². The van der Waals surface area contributed by atoms with Crippen molar-refractivity contribution in [3.63, 3.8) is 0 Å². The van der Waals surface area contributed by atoms with Crippen LogP contribution in [0.25, 0.3) is 0 Å². The van der Waals surface area contributed by atoms with E-state index in [9.17, 15) is 9.59 Å². The highest BCUT2D eigenvalue weighted by Gasteiger charge is 2.26. The lowest BCUT2D eigenvalue weighted by molar-refractivity contribution is -0.143. The van der Waals surface area contributed by atoms with Crippen LogP contribution in [0.2, 0.25) is 0 Å². The van der Waals surface area contributed by atoms with E-state index >= 15 is 0 Å². The van der Waals surface area contributed by atoms with Gasteiger partial charge in [-0.3, -0.25) is 4.79 Å². The minimum atomic E-state index is -0.759. The molecular weight excluding hydrogens is 300 g/mol. The number of nitrogens with zero attached hydrogens (tertiary/aromatic N) is 1. The van der Waals surface area contributed by atoms with Crippen molar-refractivity contribution >= 4 is 23.8 Å². The van der Waals surface area contributed by atoms with Crippen molar-refractivity contribution in [3.8, 4) is 0 Å². The Morgan fingerprint density at radius 2 is 2.00 bits per heavy atom. The first kappa shape index (κ1) is 16.7. The lowest BCUT2D eigenvalue weighted by Gasteiger charge is -2.30. The van der Waals surface area contributed by atoms with Gasteiger partial charge in [-0.15, -0.1) is 0 Å². The van der Waals surface area contributed by atoms with Crippen molar-refractivity contribution in [2.24, 2.45) is 5.92 Å². The van der Waals surface area contributed by atoms with E-state index in [1.54, 1.807) is 16.7 Å². The second-order valence-electron chi connectivity index (χ2n) is 5.51. The van der Waals surface area contributed by atoms with Gasteiger partial charge in [-0.1, -0.05) is 24.3 Å². The zero-order chi connectivity index (χ0) is 15.9. The molecule has 0 spiro atoms. The van der Waals surface area contributed by atoms with Crippen molar-refractivity contribution < 1.29 is 14.7 Å². The summed E-state index contributed by atoms with van der Waals surface area (Å²) in [7, 11) is 0. The van der Waals surface area contributed by atoms with Crippen molar-refractivity contribution in [2.75, 3.05) is 19.3 Å². The van der Waals surface area contributed by atoms with E-state index in [1.807, 2.05) is 12.1 Å². The van der Waals surface area contributed by atoms with Gasteiger partial charge in [-0.05, 0) is 30.2 Å². The number of nitrogens with one attached hydrogen (secondary N) is 1. The van der Waals surface area contributed by atoms with Gasteiger partial charge in [0, 0.05) is 25.4 Å². The Morgan fingerprint density at radius 1 is 1.32 bits per heavy atom. The number of amides is 2. The van der Waals surface area contributed by atoms with Gasteiger partial charge in [0.15, 0.2) is 0 Å². The Hall–Kier alpha value is -1.69. The van der Waals surface area contributed by atoms with Gasteiger partial charge in [-0.2, -0.15) is 11.8 Å². The van der Waals surface area contributed by atoms with Gasteiger partial charge in [0.1, 0.15) is 0 Å². The quantitative estimate of drug-likeness (QED) is 0.874. The number of aliphatic carboxylic acids is 1. The van der Waals surface area contributed by atoms with E-state index in [0.717, 1.165) is 11.3 Å². The van der Waals surface area contributed by atoms with Gasteiger partial charge in [-0.25, -0.2) is 4.79 Å². The maximum absolute atomic E-state index is 12.1. The average molecular weight is 322 g/mol. The second kappa shape index (κ2) is 8.08. The highest BCUT2D eigenvalue weighted by Crippen LogP contribution is 2.17. The summed E-state index contributed by atoms with van der Waals surface area (Å²) < 4.78 is 0. The van der Waals surface area contributed by atoms with Gasteiger partial charge >= 0.3 is 12.0 Å². The summed E-state index contributed by atoms with van der Waals surface area (Å²) in [4.78, 5) is 24.7. The number of likely N-dealkylation sites (tertiary alicyclic amines) is 1. The molecule has 1 heterocycles. The molecule has 6 heteroatoms. The number of hydrogen-bond acceptors (Lipinski definition) is 3. The van der Waals surface area contributed by atoms with Crippen LogP contribution < -0.4 is 5.32 Å². The number of carbonyl (C=O) groups excluding carboxylic acids is 1. The number of piperidine rings is 1. The smallest absolute Gasteiger partial charge is 0.317 e. The fourth-order valence-electron chi connectivity index (χ4n) is 2.62. The van der Waals surface area contributed by atoms with Crippen LogP contribution in [0.15, 0.2) is 24.3 Å². The number of carbonyl (C=O) groups is 2. The Labute approximate surface area is 135 Å². The van der Waals surface area contributed by atoms with Crippen LogP contribution in [-0.2, 0) is 17.1 Å². The number of rotatable bonds is 5. The fraction of sp³-hybridized carbons (Fsp3) is 0.500.